The number of nitrogens with zero attached hydrogens (tertiary/aromatic N) is 2. The van der Waals surface area contributed by atoms with Gasteiger partial charge in [0, 0.05) is 29.0 Å². The normalized spacial score (nSPS) is 12.0. The first-order valence-corrected chi connectivity index (χ1v) is 15.4. The predicted molar refractivity (Wildman–Crippen MR) is 168 cm³/mol. The maximum atomic E-state index is 12.8. The number of carbonyl (C=O) groups is 1. The van der Waals surface area contributed by atoms with Crippen molar-refractivity contribution in [2.75, 3.05) is 4.72 Å². The summed E-state index contributed by atoms with van der Waals surface area (Å²) in [6.45, 7) is 0.377. The fourth-order valence-corrected chi connectivity index (χ4v) is 5.90. The van der Waals surface area contributed by atoms with Crippen LogP contribution in [-0.2, 0) is 22.7 Å². The van der Waals surface area contributed by atoms with Crippen LogP contribution < -0.4 is 4.72 Å². The van der Waals surface area contributed by atoms with Gasteiger partial charge >= 0.3 is 12.1 Å². The van der Waals surface area contributed by atoms with Gasteiger partial charge in [-0.05, 0) is 83.9 Å². The molecule has 4 aromatic carbocycles. The summed E-state index contributed by atoms with van der Waals surface area (Å²) in [5.41, 5.74) is 2.25. The topological polar surface area (TPSA) is 101 Å². The molecule has 0 unspecified atom stereocenters. The lowest BCUT2D eigenvalue weighted by Gasteiger charge is -2.10. The Balaban J connectivity index is 1.37. The molecule has 0 aliphatic heterocycles. The number of alkyl halides is 3. The number of halogens is 5. The third-order valence-corrected chi connectivity index (χ3v) is 8.59. The minimum atomic E-state index is -4.58. The number of sulfonamides is 1. The van der Waals surface area contributed by atoms with Crippen LogP contribution in [0.1, 0.15) is 32.9 Å². The zero-order valence-electron chi connectivity index (χ0n) is 23.0. The second kappa shape index (κ2) is 12.8. The number of hydrogen-bond acceptors (Lipinski definition) is 4. The molecule has 13 heteroatoms. The van der Waals surface area contributed by atoms with E-state index < -0.39 is 27.7 Å². The zero-order chi connectivity index (χ0) is 32.4. The van der Waals surface area contributed by atoms with Crippen molar-refractivity contribution in [1.82, 2.24) is 9.55 Å². The number of nitrogens with one attached hydrogen (secondary N) is 1. The van der Waals surface area contributed by atoms with Crippen LogP contribution in [0.2, 0.25) is 10.0 Å². The van der Waals surface area contributed by atoms with Crippen molar-refractivity contribution in [3.63, 3.8) is 0 Å². The van der Waals surface area contributed by atoms with Gasteiger partial charge in [0.25, 0.3) is 10.0 Å². The Labute approximate surface area is 266 Å². The van der Waals surface area contributed by atoms with Crippen LogP contribution in [0.25, 0.3) is 23.4 Å². The van der Waals surface area contributed by atoms with Crippen molar-refractivity contribution in [2.24, 2.45) is 0 Å². The van der Waals surface area contributed by atoms with Crippen LogP contribution in [-0.4, -0.2) is 29.0 Å². The number of benzene rings is 4. The first kappa shape index (κ1) is 31.8. The van der Waals surface area contributed by atoms with Crippen molar-refractivity contribution < 1.29 is 31.5 Å². The Morgan fingerprint density at radius 2 is 1.58 bits per heavy atom. The van der Waals surface area contributed by atoms with Crippen LogP contribution in [0.4, 0.5) is 18.9 Å². The molecule has 0 spiro atoms. The molecule has 5 rings (SSSR count). The van der Waals surface area contributed by atoms with Gasteiger partial charge in [0.1, 0.15) is 5.82 Å². The highest BCUT2D eigenvalue weighted by Crippen LogP contribution is 2.31. The zero-order valence-corrected chi connectivity index (χ0v) is 25.3. The maximum absolute atomic E-state index is 12.8. The van der Waals surface area contributed by atoms with Gasteiger partial charge in [-0.1, -0.05) is 53.5 Å². The average Bonchev–Trinajstić information content (AvgIpc) is 3.38. The van der Waals surface area contributed by atoms with Crippen molar-refractivity contribution in [3.8, 4) is 11.3 Å². The molecule has 1 aromatic heterocycles. The molecule has 0 fully saturated rings. The summed E-state index contributed by atoms with van der Waals surface area (Å²) in [4.78, 5) is 15.7. The van der Waals surface area contributed by atoms with Gasteiger partial charge < -0.3 is 9.67 Å². The maximum Gasteiger partial charge on any atom is 0.416 e. The molecule has 0 saturated carbocycles. The van der Waals surface area contributed by atoms with E-state index in [0.717, 1.165) is 17.7 Å². The molecule has 0 saturated heterocycles. The van der Waals surface area contributed by atoms with Gasteiger partial charge in [0.15, 0.2) is 0 Å². The quantitative estimate of drug-likeness (QED) is 0.163. The van der Waals surface area contributed by atoms with Crippen molar-refractivity contribution in [1.29, 1.82) is 0 Å². The molecule has 45 heavy (non-hydrogen) atoms. The highest BCUT2D eigenvalue weighted by atomic mass is 35.5. The molecule has 230 valence electrons. The second-order valence-electron chi connectivity index (χ2n) is 9.82. The van der Waals surface area contributed by atoms with Gasteiger partial charge in [-0.3, -0.25) is 4.72 Å². The minimum Gasteiger partial charge on any atom is -0.478 e. The number of rotatable bonds is 9. The van der Waals surface area contributed by atoms with Crippen LogP contribution in [0.15, 0.2) is 102 Å². The standard InChI is InChI=1S/C32H22Cl2F3N3O4S/c33-24-10-15-27(28(34)17-24)29-19-40(18-21-1-6-22(7-2-21)31(41)42)30(38-29)16-5-20-3-11-25(12-4-20)39-45(43,44)26-13-8-23(9-14-26)32(35,36)37/h1-17,19,39H,18H2,(H,41,42)/b16-5+. The third kappa shape index (κ3) is 7.75. The second-order valence-corrected chi connectivity index (χ2v) is 12.3. The Bertz CT molecular complexity index is 1990. The molecule has 0 atom stereocenters. The molecule has 7 nitrogen and oxygen atoms in total. The molecular formula is C32H22Cl2F3N3O4S. The molecule has 0 amide bonds. The average molecular weight is 673 g/mol. The first-order chi connectivity index (χ1) is 21.3. The van der Waals surface area contributed by atoms with E-state index in [4.69, 9.17) is 28.2 Å². The fraction of sp³-hybridized carbons (Fsp3) is 0.0625. The van der Waals surface area contributed by atoms with E-state index in [0.29, 0.717) is 51.4 Å². The lowest BCUT2D eigenvalue weighted by atomic mass is 10.1. The van der Waals surface area contributed by atoms with Crippen molar-refractivity contribution >= 4 is 57.0 Å². The Kier molecular flexibility index (Phi) is 9.06. The van der Waals surface area contributed by atoms with E-state index >= 15 is 0 Å². The van der Waals surface area contributed by atoms with Gasteiger partial charge in [-0.2, -0.15) is 13.2 Å². The van der Waals surface area contributed by atoms with E-state index in [1.807, 2.05) is 10.8 Å². The van der Waals surface area contributed by atoms with Gasteiger partial charge in [-0.25, -0.2) is 18.2 Å². The Hall–Kier alpha value is -4.58. The minimum absolute atomic E-state index is 0.170. The van der Waals surface area contributed by atoms with Crippen LogP contribution >= 0.6 is 23.2 Å². The molecule has 2 N–H and O–H groups in total. The molecular weight excluding hydrogens is 650 g/mol. The first-order valence-electron chi connectivity index (χ1n) is 13.1. The molecule has 5 aromatic rings. The lowest BCUT2D eigenvalue weighted by molar-refractivity contribution is -0.137. The number of aromatic nitrogens is 2. The number of carboxylic acid groups (broad SMARTS) is 1. The number of hydrogen-bond donors (Lipinski definition) is 2. The highest BCUT2D eigenvalue weighted by molar-refractivity contribution is 7.92. The molecule has 0 bridgehead atoms. The molecule has 0 aliphatic rings. The molecule has 0 aliphatic carbocycles. The number of anilines is 1. The third-order valence-electron chi connectivity index (χ3n) is 6.65. The summed E-state index contributed by atoms with van der Waals surface area (Å²) in [7, 11) is -4.12. The van der Waals surface area contributed by atoms with E-state index in [2.05, 4.69) is 4.72 Å². The van der Waals surface area contributed by atoms with Crippen LogP contribution in [0.3, 0.4) is 0 Å². The van der Waals surface area contributed by atoms with E-state index in [-0.39, 0.29) is 16.1 Å². The van der Waals surface area contributed by atoms with E-state index in [1.54, 1.807) is 54.6 Å². The summed E-state index contributed by atoms with van der Waals surface area (Å²) in [6.07, 6.45) is 0.779. The van der Waals surface area contributed by atoms with Crippen molar-refractivity contribution in [2.45, 2.75) is 17.6 Å². The predicted octanol–water partition coefficient (Wildman–Crippen LogP) is 8.59. The van der Waals surface area contributed by atoms with Gasteiger partial charge in [-0.15, -0.1) is 0 Å². The summed E-state index contributed by atoms with van der Waals surface area (Å²) in [5.74, 6) is -0.462. The molecule has 1 heterocycles. The largest absolute Gasteiger partial charge is 0.478 e. The molecule has 0 radical (unpaired) electrons. The number of aromatic carboxylic acids is 1. The number of imidazole rings is 1. The fourth-order valence-electron chi connectivity index (χ4n) is 4.34. The Morgan fingerprint density at radius 3 is 2.18 bits per heavy atom. The van der Waals surface area contributed by atoms with Crippen LogP contribution in [0, 0.1) is 0 Å². The smallest absolute Gasteiger partial charge is 0.416 e. The van der Waals surface area contributed by atoms with Gasteiger partial charge in [0.05, 0.1) is 26.7 Å². The lowest BCUT2D eigenvalue weighted by Crippen LogP contribution is -2.13. The summed E-state index contributed by atoms with van der Waals surface area (Å²) >= 11 is 12.5. The van der Waals surface area contributed by atoms with Crippen molar-refractivity contribution in [3.05, 3.63) is 135 Å². The van der Waals surface area contributed by atoms with E-state index in [1.165, 1.54) is 24.3 Å². The monoisotopic (exact) mass is 671 g/mol. The van der Waals surface area contributed by atoms with Crippen LogP contribution in [0.5, 0.6) is 0 Å². The number of carboxylic acids is 1. The Morgan fingerprint density at radius 1 is 0.911 bits per heavy atom. The van der Waals surface area contributed by atoms with Gasteiger partial charge in [0.2, 0.25) is 0 Å². The highest BCUT2D eigenvalue weighted by Gasteiger charge is 2.30. The summed E-state index contributed by atoms with van der Waals surface area (Å²) in [6, 6.07) is 21.2. The van der Waals surface area contributed by atoms with E-state index in [9.17, 15) is 31.5 Å². The SMILES string of the molecule is O=C(O)c1ccc(Cn2cc(-c3ccc(Cl)cc3Cl)nc2/C=C/c2ccc(NS(=O)(=O)c3ccc(C(F)(F)F)cc3)cc2)cc1. The summed E-state index contributed by atoms with van der Waals surface area (Å²) < 4.78 is 68.1. The summed E-state index contributed by atoms with van der Waals surface area (Å²) in [5, 5.41) is 10.1.